The van der Waals surface area contributed by atoms with Crippen molar-refractivity contribution in [1.29, 1.82) is 0 Å². The lowest BCUT2D eigenvalue weighted by molar-refractivity contribution is 0.0632. The van der Waals surface area contributed by atoms with Gasteiger partial charge in [0.05, 0.1) is 6.54 Å². The molecule has 24 heavy (non-hydrogen) atoms. The van der Waals surface area contributed by atoms with Crippen molar-refractivity contribution in [3.05, 3.63) is 35.4 Å². The zero-order chi connectivity index (χ0) is 16.9. The number of rotatable bonds is 4. The summed E-state index contributed by atoms with van der Waals surface area (Å²) in [5.41, 5.74) is 4.33. The molecular formula is C17H26F2IN3O. The van der Waals surface area contributed by atoms with Gasteiger partial charge < -0.3 is 16.2 Å². The van der Waals surface area contributed by atoms with Gasteiger partial charge in [-0.05, 0) is 25.8 Å². The largest absolute Gasteiger partial charge is 0.383 e. The molecular weight excluding hydrogens is 427 g/mol. The van der Waals surface area contributed by atoms with E-state index in [1.54, 1.807) is 0 Å². The minimum atomic E-state index is -1.55. The molecule has 1 aromatic rings. The number of benzene rings is 1. The van der Waals surface area contributed by atoms with Gasteiger partial charge in [0.15, 0.2) is 5.96 Å². The Morgan fingerprint density at radius 3 is 2.50 bits per heavy atom. The second kappa shape index (κ2) is 9.50. The first-order valence-corrected chi connectivity index (χ1v) is 8.13. The number of guanidine groups is 1. The number of halogens is 3. The number of hydrogen-bond acceptors (Lipinski definition) is 2. The Balaban J connectivity index is 0.00000288. The summed E-state index contributed by atoms with van der Waals surface area (Å²) in [6, 6.07) is 3.40. The molecule has 4 N–H and O–H groups in total. The fraction of sp³-hybridized carbons (Fsp3) is 0.588. The van der Waals surface area contributed by atoms with Gasteiger partial charge in [-0.1, -0.05) is 31.7 Å². The lowest BCUT2D eigenvalue weighted by Gasteiger charge is -2.23. The molecule has 0 saturated heterocycles. The predicted molar refractivity (Wildman–Crippen MR) is 102 cm³/mol. The fourth-order valence-electron chi connectivity index (χ4n) is 2.93. The van der Waals surface area contributed by atoms with Crippen molar-refractivity contribution >= 4 is 29.9 Å². The highest BCUT2D eigenvalue weighted by atomic mass is 127. The third-order valence-corrected chi connectivity index (χ3v) is 4.28. The van der Waals surface area contributed by atoms with Crippen LogP contribution in [-0.2, 0) is 5.60 Å². The predicted octanol–water partition coefficient (Wildman–Crippen LogP) is 3.42. The van der Waals surface area contributed by atoms with Crippen LogP contribution in [-0.4, -0.2) is 23.7 Å². The molecule has 0 radical (unpaired) electrons. The smallest absolute Gasteiger partial charge is 0.188 e. The van der Waals surface area contributed by atoms with Crippen LogP contribution >= 0.6 is 24.0 Å². The van der Waals surface area contributed by atoms with Crippen LogP contribution in [0.5, 0.6) is 0 Å². The molecule has 1 unspecified atom stereocenters. The van der Waals surface area contributed by atoms with E-state index in [1.807, 2.05) is 0 Å². The zero-order valence-corrected chi connectivity index (χ0v) is 16.2. The molecule has 1 aromatic carbocycles. The summed E-state index contributed by atoms with van der Waals surface area (Å²) in [6.45, 7) is 1.34. The number of aliphatic imine (C=N–C) groups is 1. The number of nitrogens with two attached hydrogens (primary N) is 1. The molecule has 0 amide bonds. The number of nitrogens with one attached hydrogen (secondary N) is 1. The first-order valence-electron chi connectivity index (χ1n) is 8.13. The van der Waals surface area contributed by atoms with Crippen molar-refractivity contribution in [2.45, 2.75) is 57.1 Å². The number of aliphatic hydroxyl groups is 1. The van der Waals surface area contributed by atoms with E-state index in [-0.39, 0.29) is 42.0 Å². The Morgan fingerprint density at radius 2 is 1.92 bits per heavy atom. The highest BCUT2D eigenvalue weighted by Gasteiger charge is 2.27. The monoisotopic (exact) mass is 453 g/mol. The zero-order valence-electron chi connectivity index (χ0n) is 13.9. The van der Waals surface area contributed by atoms with Crippen molar-refractivity contribution in [2.75, 3.05) is 6.54 Å². The molecule has 4 nitrogen and oxygen atoms in total. The lowest BCUT2D eigenvalue weighted by atomic mass is 9.95. The third kappa shape index (κ3) is 6.16. The molecule has 0 spiro atoms. The average molecular weight is 453 g/mol. The fourth-order valence-corrected chi connectivity index (χ4v) is 2.93. The minimum Gasteiger partial charge on any atom is -0.383 e. The Bertz CT molecular complexity index is 559. The first kappa shape index (κ1) is 21.1. The van der Waals surface area contributed by atoms with E-state index < -0.39 is 17.2 Å². The van der Waals surface area contributed by atoms with Crippen LogP contribution in [0.3, 0.4) is 0 Å². The number of hydrogen-bond donors (Lipinski definition) is 3. The van der Waals surface area contributed by atoms with E-state index in [9.17, 15) is 13.9 Å². The van der Waals surface area contributed by atoms with Gasteiger partial charge in [0.1, 0.15) is 17.2 Å². The Labute approximate surface area is 158 Å². The topological polar surface area (TPSA) is 70.6 Å². The van der Waals surface area contributed by atoms with Gasteiger partial charge in [0.2, 0.25) is 0 Å². The molecule has 1 aliphatic carbocycles. The Morgan fingerprint density at radius 1 is 1.29 bits per heavy atom. The summed E-state index contributed by atoms with van der Waals surface area (Å²) in [4.78, 5) is 4.13. The van der Waals surface area contributed by atoms with Gasteiger partial charge in [0, 0.05) is 17.7 Å². The molecule has 2 rings (SSSR count). The molecule has 7 heteroatoms. The van der Waals surface area contributed by atoms with Gasteiger partial charge in [-0.15, -0.1) is 24.0 Å². The van der Waals surface area contributed by atoms with E-state index in [2.05, 4.69) is 10.3 Å². The third-order valence-electron chi connectivity index (χ3n) is 4.28. The van der Waals surface area contributed by atoms with Crippen LogP contribution in [0.25, 0.3) is 0 Å². The summed E-state index contributed by atoms with van der Waals surface area (Å²) in [7, 11) is 0. The standard InChI is InChI=1S/C17H25F2N3O.HI/c1-17(23,14-9-8-12(18)10-15(14)19)11-21-16(20)22-13-6-4-2-3-5-7-13;/h8-10,13,23H,2-7,11H2,1H3,(H3,20,21,22);1H. The summed E-state index contributed by atoms with van der Waals surface area (Å²) in [5.74, 6) is -1.22. The van der Waals surface area contributed by atoms with Gasteiger partial charge >= 0.3 is 0 Å². The van der Waals surface area contributed by atoms with E-state index >= 15 is 0 Å². The van der Waals surface area contributed by atoms with Gasteiger partial charge in [0.25, 0.3) is 0 Å². The first-order chi connectivity index (χ1) is 10.9. The molecule has 0 bridgehead atoms. The SMILES string of the molecule is CC(O)(CN=C(N)NC1CCCCCC1)c1ccc(F)cc1F.I. The van der Waals surface area contributed by atoms with Crippen LogP contribution in [0.1, 0.15) is 51.0 Å². The lowest BCUT2D eigenvalue weighted by Crippen LogP contribution is -2.41. The van der Waals surface area contributed by atoms with Crippen molar-refractivity contribution in [2.24, 2.45) is 10.7 Å². The van der Waals surface area contributed by atoms with Crippen LogP contribution < -0.4 is 11.1 Å². The molecule has 1 saturated carbocycles. The molecule has 1 atom stereocenters. The summed E-state index contributed by atoms with van der Waals surface area (Å²) < 4.78 is 26.8. The summed E-state index contributed by atoms with van der Waals surface area (Å²) >= 11 is 0. The highest BCUT2D eigenvalue weighted by Crippen LogP contribution is 2.24. The molecule has 1 aliphatic rings. The maximum Gasteiger partial charge on any atom is 0.188 e. The van der Waals surface area contributed by atoms with E-state index in [4.69, 9.17) is 5.73 Å². The molecule has 1 fully saturated rings. The normalized spacial score (nSPS) is 19.1. The average Bonchev–Trinajstić information content (AvgIpc) is 2.73. The maximum atomic E-state index is 13.8. The summed E-state index contributed by atoms with van der Waals surface area (Å²) in [6.07, 6.45) is 6.94. The molecule has 0 aliphatic heterocycles. The van der Waals surface area contributed by atoms with Crippen LogP contribution in [0.15, 0.2) is 23.2 Å². The van der Waals surface area contributed by atoms with Crippen molar-refractivity contribution in [1.82, 2.24) is 5.32 Å². The second-order valence-electron chi connectivity index (χ2n) is 6.43. The van der Waals surface area contributed by atoms with Gasteiger partial charge in [-0.2, -0.15) is 0 Å². The number of nitrogens with zero attached hydrogens (tertiary/aromatic N) is 1. The van der Waals surface area contributed by atoms with E-state index in [1.165, 1.54) is 38.7 Å². The maximum absolute atomic E-state index is 13.8. The van der Waals surface area contributed by atoms with Crippen molar-refractivity contribution in [3.63, 3.8) is 0 Å². The van der Waals surface area contributed by atoms with E-state index in [0.717, 1.165) is 25.0 Å². The Kier molecular flexibility index (Phi) is 8.35. The van der Waals surface area contributed by atoms with Crippen molar-refractivity contribution < 1.29 is 13.9 Å². The Hall–Kier alpha value is -0.960. The molecule has 0 aromatic heterocycles. The van der Waals surface area contributed by atoms with Crippen molar-refractivity contribution in [3.8, 4) is 0 Å². The van der Waals surface area contributed by atoms with E-state index in [0.29, 0.717) is 6.04 Å². The molecule has 0 heterocycles. The van der Waals surface area contributed by atoms with Gasteiger partial charge in [-0.25, -0.2) is 8.78 Å². The second-order valence-corrected chi connectivity index (χ2v) is 6.43. The summed E-state index contributed by atoms with van der Waals surface area (Å²) in [5, 5.41) is 13.6. The molecule has 136 valence electrons. The van der Waals surface area contributed by atoms with Crippen LogP contribution in [0.2, 0.25) is 0 Å². The highest BCUT2D eigenvalue weighted by molar-refractivity contribution is 14.0. The quantitative estimate of drug-likeness (QED) is 0.283. The van der Waals surface area contributed by atoms with Gasteiger partial charge in [-0.3, -0.25) is 4.99 Å². The van der Waals surface area contributed by atoms with Crippen LogP contribution in [0, 0.1) is 11.6 Å². The van der Waals surface area contributed by atoms with Crippen LogP contribution in [0.4, 0.5) is 8.78 Å². The minimum absolute atomic E-state index is 0.